The van der Waals surface area contributed by atoms with Gasteiger partial charge in [-0.3, -0.25) is 9.59 Å². The minimum absolute atomic E-state index is 0.0218. The quantitative estimate of drug-likeness (QED) is 0.714. The monoisotopic (exact) mass is 406 g/mol. The second-order valence-corrected chi connectivity index (χ2v) is 7.43. The number of benzene rings is 2. The van der Waals surface area contributed by atoms with Gasteiger partial charge in [0.1, 0.15) is 5.82 Å². The number of nitrogens with one attached hydrogen (secondary N) is 1. The molecule has 0 saturated carbocycles. The molecule has 1 N–H and O–H groups in total. The molecule has 1 atom stereocenters. The van der Waals surface area contributed by atoms with Crippen molar-refractivity contribution in [2.75, 3.05) is 16.8 Å². The molecule has 4 rings (SSSR count). The lowest BCUT2D eigenvalue weighted by Crippen LogP contribution is -2.28. The van der Waals surface area contributed by atoms with E-state index in [0.29, 0.717) is 16.4 Å². The molecule has 8 heteroatoms. The highest BCUT2D eigenvalue weighted by molar-refractivity contribution is 7.14. The Kier molecular flexibility index (Phi) is 5.06. The van der Waals surface area contributed by atoms with Gasteiger partial charge < -0.3 is 10.2 Å². The van der Waals surface area contributed by atoms with Crippen LogP contribution in [-0.2, 0) is 9.59 Å². The molecule has 0 radical (unpaired) electrons. The van der Waals surface area contributed by atoms with E-state index < -0.39 is 11.7 Å². The average molecular weight is 406 g/mol. The topological polar surface area (TPSA) is 86.1 Å². The summed E-state index contributed by atoms with van der Waals surface area (Å²) in [5.41, 5.74) is 2.26. The summed E-state index contributed by atoms with van der Waals surface area (Å²) in [6.45, 7) is 0.124. The van der Waals surface area contributed by atoms with Gasteiger partial charge in [-0.15, -0.1) is 11.3 Å². The van der Waals surface area contributed by atoms with Gasteiger partial charge in [-0.2, -0.15) is 5.26 Å². The van der Waals surface area contributed by atoms with Crippen LogP contribution < -0.4 is 10.2 Å². The molecule has 0 unspecified atom stereocenters. The number of hydrogen-bond acceptors (Lipinski definition) is 5. The summed E-state index contributed by atoms with van der Waals surface area (Å²) in [5.74, 6) is -1.68. The Morgan fingerprint density at radius 1 is 1.24 bits per heavy atom. The molecule has 29 heavy (non-hydrogen) atoms. The first-order chi connectivity index (χ1) is 14.0. The van der Waals surface area contributed by atoms with E-state index in [4.69, 9.17) is 5.26 Å². The van der Waals surface area contributed by atoms with E-state index in [-0.39, 0.29) is 30.5 Å². The summed E-state index contributed by atoms with van der Waals surface area (Å²) in [5, 5.41) is 13.8. The highest BCUT2D eigenvalue weighted by Gasteiger charge is 2.36. The van der Waals surface area contributed by atoms with Gasteiger partial charge >= 0.3 is 0 Å². The Bertz CT molecular complexity index is 1120. The molecule has 1 fully saturated rings. The number of anilines is 2. The van der Waals surface area contributed by atoms with Crippen molar-refractivity contribution in [3.8, 4) is 17.3 Å². The Hall–Kier alpha value is -3.57. The first-order valence-corrected chi connectivity index (χ1v) is 9.75. The molecule has 0 bridgehead atoms. The fraction of sp³-hybridized carbons (Fsp3) is 0.143. The van der Waals surface area contributed by atoms with Crippen LogP contribution in [0.4, 0.5) is 15.2 Å². The highest BCUT2D eigenvalue weighted by atomic mass is 32.1. The van der Waals surface area contributed by atoms with Crippen molar-refractivity contribution in [1.82, 2.24) is 4.98 Å². The molecule has 0 spiro atoms. The van der Waals surface area contributed by atoms with Crippen LogP contribution in [0.2, 0.25) is 0 Å². The van der Waals surface area contributed by atoms with Gasteiger partial charge in [-0.25, -0.2) is 9.37 Å². The van der Waals surface area contributed by atoms with E-state index in [1.165, 1.54) is 28.4 Å². The number of thiazole rings is 1. The lowest BCUT2D eigenvalue weighted by molar-refractivity contribution is -0.122. The molecular weight excluding hydrogens is 391 g/mol. The summed E-state index contributed by atoms with van der Waals surface area (Å²) in [6, 6.07) is 15.1. The number of nitriles is 1. The van der Waals surface area contributed by atoms with Crippen molar-refractivity contribution in [2.45, 2.75) is 6.42 Å². The second-order valence-electron chi connectivity index (χ2n) is 6.57. The predicted molar refractivity (Wildman–Crippen MR) is 108 cm³/mol. The second kappa shape index (κ2) is 7.81. The van der Waals surface area contributed by atoms with Crippen LogP contribution in [0.3, 0.4) is 0 Å². The summed E-state index contributed by atoms with van der Waals surface area (Å²) in [4.78, 5) is 30.6. The molecule has 3 aromatic rings. The van der Waals surface area contributed by atoms with E-state index in [0.717, 1.165) is 5.56 Å². The van der Waals surface area contributed by atoms with Crippen molar-refractivity contribution >= 4 is 34.0 Å². The maximum atomic E-state index is 14.0. The van der Waals surface area contributed by atoms with Crippen LogP contribution in [0.15, 0.2) is 53.9 Å². The molecule has 6 nitrogen and oxygen atoms in total. The van der Waals surface area contributed by atoms with E-state index in [2.05, 4.69) is 16.4 Å². The third-order valence-electron chi connectivity index (χ3n) is 4.68. The van der Waals surface area contributed by atoms with Gasteiger partial charge in [0.25, 0.3) is 0 Å². The largest absolute Gasteiger partial charge is 0.309 e. The molecule has 1 aromatic heterocycles. The minimum atomic E-state index is -0.579. The number of para-hydroxylation sites is 1. The van der Waals surface area contributed by atoms with Gasteiger partial charge in [-0.05, 0) is 24.3 Å². The Morgan fingerprint density at radius 2 is 2.00 bits per heavy atom. The molecule has 1 aliphatic heterocycles. The van der Waals surface area contributed by atoms with Gasteiger partial charge in [-0.1, -0.05) is 24.3 Å². The first kappa shape index (κ1) is 18.8. The van der Waals surface area contributed by atoms with E-state index in [9.17, 15) is 14.0 Å². The molecular formula is C21H15FN4O2S. The SMILES string of the molecule is N#Cc1ccc(-c2csc(NC(=O)[C@@H]3CC(=O)N(c4ccccc4F)C3)n2)cc1. The zero-order valence-corrected chi connectivity index (χ0v) is 15.9. The predicted octanol–water partition coefficient (Wildman–Crippen LogP) is 3.81. The third kappa shape index (κ3) is 3.86. The lowest BCUT2D eigenvalue weighted by Gasteiger charge is -2.17. The summed E-state index contributed by atoms with van der Waals surface area (Å²) in [6.07, 6.45) is 0.0218. The minimum Gasteiger partial charge on any atom is -0.309 e. The molecule has 144 valence electrons. The molecule has 2 heterocycles. The smallest absolute Gasteiger partial charge is 0.231 e. The van der Waals surface area contributed by atoms with E-state index in [1.807, 2.05) is 5.38 Å². The van der Waals surface area contributed by atoms with Crippen molar-refractivity contribution < 1.29 is 14.0 Å². The van der Waals surface area contributed by atoms with Crippen LogP contribution in [0, 0.1) is 23.1 Å². The van der Waals surface area contributed by atoms with Crippen LogP contribution >= 0.6 is 11.3 Å². The number of halogens is 1. The molecule has 2 aromatic carbocycles. The number of aromatic nitrogens is 1. The number of carbonyl (C=O) groups excluding carboxylic acids is 2. The van der Waals surface area contributed by atoms with Crippen molar-refractivity contribution in [3.05, 3.63) is 65.3 Å². The Labute approximate surface area is 170 Å². The summed E-state index contributed by atoms with van der Waals surface area (Å²) < 4.78 is 14.0. The van der Waals surface area contributed by atoms with E-state index >= 15 is 0 Å². The van der Waals surface area contributed by atoms with Gasteiger partial charge in [0.05, 0.1) is 28.9 Å². The van der Waals surface area contributed by atoms with Gasteiger partial charge in [0.2, 0.25) is 11.8 Å². The van der Waals surface area contributed by atoms with Crippen LogP contribution in [0.1, 0.15) is 12.0 Å². The van der Waals surface area contributed by atoms with Crippen LogP contribution in [-0.4, -0.2) is 23.3 Å². The molecule has 2 amide bonds. The zero-order valence-electron chi connectivity index (χ0n) is 15.1. The molecule has 1 saturated heterocycles. The summed E-state index contributed by atoms with van der Waals surface area (Å²) >= 11 is 1.28. The molecule has 0 aliphatic carbocycles. The normalized spacial score (nSPS) is 15.9. The average Bonchev–Trinajstić information content (AvgIpc) is 3.35. The number of carbonyl (C=O) groups is 2. The fourth-order valence-electron chi connectivity index (χ4n) is 3.17. The lowest BCUT2D eigenvalue weighted by atomic mass is 10.1. The zero-order chi connectivity index (χ0) is 20.4. The number of amides is 2. The first-order valence-electron chi connectivity index (χ1n) is 8.87. The number of rotatable bonds is 4. The van der Waals surface area contributed by atoms with Crippen LogP contribution in [0.25, 0.3) is 11.3 Å². The number of nitrogens with zero attached hydrogens (tertiary/aromatic N) is 3. The fourth-order valence-corrected chi connectivity index (χ4v) is 3.90. The van der Waals surface area contributed by atoms with Gasteiger partial charge in [0.15, 0.2) is 5.13 Å². The maximum absolute atomic E-state index is 14.0. The Morgan fingerprint density at radius 3 is 2.72 bits per heavy atom. The van der Waals surface area contributed by atoms with Crippen molar-refractivity contribution in [1.29, 1.82) is 5.26 Å². The Balaban J connectivity index is 1.44. The van der Waals surface area contributed by atoms with Crippen LogP contribution in [0.5, 0.6) is 0 Å². The highest BCUT2D eigenvalue weighted by Crippen LogP contribution is 2.29. The maximum Gasteiger partial charge on any atom is 0.231 e. The van der Waals surface area contributed by atoms with Gasteiger partial charge in [0, 0.05) is 23.9 Å². The standard InChI is InChI=1S/C21H15FN4O2S/c22-16-3-1-2-4-18(16)26-11-15(9-19(26)27)20(28)25-21-24-17(12-29-21)14-7-5-13(10-23)6-8-14/h1-8,12,15H,9,11H2,(H,24,25,28)/t15-/m1/s1. The molecule has 1 aliphatic rings. The summed E-state index contributed by atoms with van der Waals surface area (Å²) in [7, 11) is 0. The number of hydrogen-bond donors (Lipinski definition) is 1. The van der Waals surface area contributed by atoms with E-state index in [1.54, 1.807) is 36.4 Å². The van der Waals surface area contributed by atoms with Crippen molar-refractivity contribution in [2.24, 2.45) is 5.92 Å². The third-order valence-corrected chi connectivity index (χ3v) is 5.44. The van der Waals surface area contributed by atoms with Crippen molar-refractivity contribution in [3.63, 3.8) is 0 Å².